The fourth-order valence-electron chi connectivity index (χ4n) is 6.27. The van der Waals surface area contributed by atoms with Crippen molar-refractivity contribution >= 4 is 17.0 Å². The van der Waals surface area contributed by atoms with Crippen LogP contribution in [0.3, 0.4) is 0 Å². The zero-order valence-electron chi connectivity index (χ0n) is 23.5. The molecule has 1 saturated carbocycles. The lowest BCUT2D eigenvalue weighted by Crippen LogP contribution is -2.54. The summed E-state index contributed by atoms with van der Waals surface area (Å²) >= 11 is 0. The number of rotatable bonds is 7. The number of imidazole rings is 1. The van der Waals surface area contributed by atoms with Crippen LogP contribution in [-0.4, -0.2) is 68.3 Å². The van der Waals surface area contributed by atoms with E-state index < -0.39 is 11.4 Å². The number of nitrogens with zero attached hydrogens (tertiary/aromatic N) is 4. The molecule has 2 aliphatic rings. The van der Waals surface area contributed by atoms with E-state index >= 15 is 0 Å². The number of nitrogens with one attached hydrogen (secondary N) is 1. The second-order valence-corrected chi connectivity index (χ2v) is 11.3. The number of amides is 1. The van der Waals surface area contributed by atoms with Crippen LogP contribution in [0.4, 0.5) is 4.39 Å². The van der Waals surface area contributed by atoms with Crippen LogP contribution in [0.2, 0.25) is 0 Å². The molecule has 1 aliphatic heterocycles. The standard InChI is InChI=1S/C31H36FN5O4/c1-20-35-27-24(41-20)12-11-23(26(27)32)40-17-13-22-18-33-15-16-36(22)30(38)28-29(21-8-4-3-5-9-21)37(19-34-28)25-10-6-7-14-31(25,2)39/h3-5,8-9,11-12,19,22,25,33,39H,6-7,10,13-18H2,1-2H3/t22-,25-,31+/m1/s1. The minimum atomic E-state index is -0.888. The Morgan fingerprint density at radius 3 is 2.88 bits per heavy atom. The van der Waals surface area contributed by atoms with E-state index in [0.29, 0.717) is 49.6 Å². The van der Waals surface area contributed by atoms with Crippen LogP contribution in [0.15, 0.2) is 53.2 Å². The van der Waals surface area contributed by atoms with Crippen molar-refractivity contribution in [2.45, 2.75) is 63.6 Å². The van der Waals surface area contributed by atoms with Gasteiger partial charge in [-0.15, -0.1) is 0 Å². The molecule has 2 aromatic carbocycles. The van der Waals surface area contributed by atoms with Gasteiger partial charge in [-0.25, -0.2) is 14.4 Å². The Morgan fingerprint density at radius 2 is 2.07 bits per heavy atom. The van der Waals surface area contributed by atoms with Crippen LogP contribution in [0.5, 0.6) is 5.75 Å². The third-order valence-corrected chi connectivity index (χ3v) is 8.40. The van der Waals surface area contributed by atoms with E-state index in [1.165, 1.54) is 0 Å². The summed E-state index contributed by atoms with van der Waals surface area (Å²) in [5, 5.41) is 14.6. The van der Waals surface area contributed by atoms with Crippen LogP contribution in [-0.2, 0) is 0 Å². The molecule has 9 nitrogen and oxygen atoms in total. The fourth-order valence-corrected chi connectivity index (χ4v) is 6.27. The number of hydrogen-bond acceptors (Lipinski definition) is 7. The van der Waals surface area contributed by atoms with Crippen molar-refractivity contribution in [3.8, 4) is 17.0 Å². The molecule has 6 rings (SSSR count). The van der Waals surface area contributed by atoms with Gasteiger partial charge in [0.15, 0.2) is 28.7 Å². The Balaban J connectivity index is 1.24. The highest BCUT2D eigenvalue weighted by atomic mass is 19.1. The van der Waals surface area contributed by atoms with Gasteiger partial charge in [-0.3, -0.25) is 4.79 Å². The molecule has 2 fully saturated rings. The number of fused-ring (bicyclic) bond motifs is 1. The van der Waals surface area contributed by atoms with Gasteiger partial charge < -0.3 is 29.0 Å². The quantitative estimate of drug-likeness (QED) is 0.331. The Kier molecular flexibility index (Phi) is 7.52. The number of carbonyl (C=O) groups is 1. The van der Waals surface area contributed by atoms with Crippen molar-refractivity contribution in [2.24, 2.45) is 0 Å². The summed E-state index contributed by atoms with van der Waals surface area (Å²) in [6.45, 7) is 5.55. The zero-order chi connectivity index (χ0) is 28.6. The number of benzene rings is 2. The SMILES string of the molecule is Cc1nc2c(F)c(OCC[C@@H]3CNCCN3C(=O)c3ncn([C@@H]4CCCC[C@]4(C)O)c3-c3ccccc3)ccc2o1. The highest BCUT2D eigenvalue weighted by molar-refractivity contribution is 5.98. The number of aromatic nitrogens is 3. The van der Waals surface area contributed by atoms with Crippen molar-refractivity contribution in [1.29, 1.82) is 0 Å². The number of aryl methyl sites for hydroxylation is 1. The topological polar surface area (TPSA) is 106 Å². The van der Waals surface area contributed by atoms with Gasteiger partial charge >= 0.3 is 0 Å². The number of hydrogen-bond donors (Lipinski definition) is 2. The van der Waals surface area contributed by atoms with Crippen LogP contribution >= 0.6 is 0 Å². The summed E-state index contributed by atoms with van der Waals surface area (Å²) in [5.74, 6) is -0.207. The molecule has 3 heterocycles. The van der Waals surface area contributed by atoms with E-state index in [0.717, 1.165) is 30.5 Å². The molecule has 4 aromatic rings. The lowest BCUT2D eigenvalue weighted by Gasteiger charge is -2.39. The molecular weight excluding hydrogens is 525 g/mol. The van der Waals surface area contributed by atoms with Crippen molar-refractivity contribution in [1.82, 2.24) is 24.8 Å². The first kappa shape index (κ1) is 27.4. The minimum absolute atomic E-state index is 0.108. The van der Waals surface area contributed by atoms with Crippen LogP contribution in [0.1, 0.15) is 61.4 Å². The molecule has 1 aliphatic carbocycles. The third-order valence-electron chi connectivity index (χ3n) is 8.40. The maximum absolute atomic E-state index is 14.9. The lowest BCUT2D eigenvalue weighted by molar-refractivity contribution is -0.0243. The zero-order valence-corrected chi connectivity index (χ0v) is 23.5. The molecule has 216 valence electrons. The van der Waals surface area contributed by atoms with Crippen molar-refractivity contribution in [3.05, 3.63) is 66.2 Å². The van der Waals surface area contributed by atoms with Gasteiger partial charge in [0.05, 0.1) is 30.3 Å². The summed E-state index contributed by atoms with van der Waals surface area (Å²) in [4.78, 5) is 24.7. The number of halogens is 1. The molecule has 0 spiro atoms. The van der Waals surface area contributed by atoms with Crippen molar-refractivity contribution in [3.63, 3.8) is 0 Å². The molecule has 2 aromatic heterocycles. The minimum Gasteiger partial charge on any atom is -0.490 e. The summed E-state index contributed by atoms with van der Waals surface area (Å²) < 4.78 is 28.2. The van der Waals surface area contributed by atoms with Crippen molar-refractivity contribution in [2.75, 3.05) is 26.2 Å². The molecule has 10 heteroatoms. The first-order valence-corrected chi connectivity index (χ1v) is 14.4. The van der Waals surface area contributed by atoms with Crippen LogP contribution < -0.4 is 10.1 Å². The molecule has 2 N–H and O–H groups in total. The van der Waals surface area contributed by atoms with E-state index in [1.54, 1.807) is 25.4 Å². The molecule has 0 radical (unpaired) electrons. The van der Waals surface area contributed by atoms with Gasteiger partial charge in [-0.05, 0) is 31.9 Å². The van der Waals surface area contributed by atoms with Gasteiger partial charge in [0.2, 0.25) is 0 Å². The Bertz CT molecular complexity index is 1530. The average molecular weight is 562 g/mol. The summed E-state index contributed by atoms with van der Waals surface area (Å²) in [6, 6.07) is 12.7. The monoisotopic (exact) mass is 561 g/mol. The Hall–Kier alpha value is -3.76. The molecule has 0 unspecified atom stereocenters. The lowest BCUT2D eigenvalue weighted by atomic mass is 9.81. The number of ether oxygens (including phenoxy) is 1. The van der Waals surface area contributed by atoms with Crippen molar-refractivity contribution < 1.29 is 23.4 Å². The van der Waals surface area contributed by atoms with E-state index in [2.05, 4.69) is 15.3 Å². The van der Waals surface area contributed by atoms with E-state index in [-0.39, 0.29) is 35.9 Å². The van der Waals surface area contributed by atoms with Crippen LogP contribution in [0.25, 0.3) is 22.4 Å². The number of carbonyl (C=O) groups excluding carboxylic acids is 1. The Labute approximate surface area is 238 Å². The highest BCUT2D eigenvalue weighted by Gasteiger charge is 2.39. The van der Waals surface area contributed by atoms with Gasteiger partial charge in [0, 0.05) is 44.6 Å². The van der Waals surface area contributed by atoms with Crippen LogP contribution in [0, 0.1) is 12.7 Å². The van der Waals surface area contributed by atoms with Gasteiger partial charge in [0.1, 0.15) is 5.52 Å². The Morgan fingerprint density at radius 1 is 1.24 bits per heavy atom. The summed E-state index contributed by atoms with van der Waals surface area (Å²) in [5.41, 5.74) is 1.64. The van der Waals surface area contributed by atoms with Gasteiger partial charge in [-0.2, -0.15) is 0 Å². The molecule has 1 saturated heterocycles. The first-order valence-electron chi connectivity index (χ1n) is 14.4. The van der Waals surface area contributed by atoms with E-state index in [1.807, 2.05) is 46.7 Å². The maximum atomic E-state index is 14.9. The average Bonchev–Trinajstić information content (AvgIpc) is 3.58. The number of oxazole rings is 1. The molecule has 1 amide bonds. The number of aliphatic hydroxyl groups is 1. The normalized spacial score (nSPS) is 23.2. The smallest absolute Gasteiger partial charge is 0.275 e. The fraction of sp³-hybridized carbons (Fsp3) is 0.452. The second kappa shape index (κ2) is 11.3. The van der Waals surface area contributed by atoms with Gasteiger partial charge in [0.25, 0.3) is 5.91 Å². The number of piperazine rings is 1. The molecule has 3 atom stereocenters. The second-order valence-electron chi connectivity index (χ2n) is 11.3. The molecule has 0 bridgehead atoms. The van der Waals surface area contributed by atoms with E-state index in [4.69, 9.17) is 9.15 Å². The van der Waals surface area contributed by atoms with E-state index in [9.17, 15) is 14.3 Å². The largest absolute Gasteiger partial charge is 0.490 e. The first-order chi connectivity index (χ1) is 19.8. The summed E-state index contributed by atoms with van der Waals surface area (Å²) in [7, 11) is 0. The predicted molar refractivity (Wildman–Crippen MR) is 152 cm³/mol. The van der Waals surface area contributed by atoms with Gasteiger partial charge in [-0.1, -0.05) is 43.2 Å². The highest BCUT2D eigenvalue weighted by Crippen LogP contribution is 2.40. The third kappa shape index (κ3) is 5.34. The molecular formula is C31H36FN5O4. The predicted octanol–water partition coefficient (Wildman–Crippen LogP) is 4.89. The maximum Gasteiger partial charge on any atom is 0.275 e. The molecule has 41 heavy (non-hydrogen) atoms. The summed E-state index contributed by atoms with van der Waals surface area (Å²) in [6.07, 6.45) is 5.74.